The number of fused-ring (bicyclic) bond motifs is 2. The van der Waals surface area contributed by atoms with Gasteiger partial charge in [0.05, 0.1) is 11.9 Å². The van der Waals surface area contributed by atoms with Gasteiger partial charge >= 0.3 is 0 Å². The summed E-state index contributed by atoms with van der Waals surface area (Å²) in [5.41, 5.74) is 0.511. The lowest BCUT2D eigenvalue weighted by atomic mass is 9.76. The van der Waals surface area contributed by atoms with Gasteiger partial charge in [0.25, 0.3) is 10.2 Å². The topological polar surface area (TPSA) is 119 Å². The molecule has 2 aromatic rings. The number of hydrogen-bond acceptors (Lipinski definition) is 7. The van der Waals surface area contributed by atoms with E-state index in [9.17, 15) is 13.5 Å². The Balaban J connectivity index is 1.60. The van der Waals surface area contributed by atoms with Crippen molar-refractivity contribution < 1.29 is 13.5 Å². The molecule has 0 spiro atoms. The van der Waals surface area contributed by atoms with E-state index in [-0.39, 0.29) is 5.92 Å². The van der Waals surface area contributed by atoms with E-state index in [1.165, 1.54) is 29.0 Å². The first-order valence-electron chi connectivity index (χ1n) is 8.60. The van der Waals surface area contributed by atoms with Crippen molar-refractivity contribution in [3.8, 4) is 0 Å². The van der Waals surface area contributed by atoms with Gasteiger partial charge in [0.15, 0.2) is 11.5 Å². The highest BCUT2D eigenvalue weighted by Crippen LogP contribution is 2.38. The second-order valence-electron chi connectivity index (χ2n) is 7.19. The van der Waals surface area contributed by atoms with E-state index in [0.717, 1.165) is 11.3 Å². The standard InChI is InChI=1S/C15H23N7O3S/c1-20(2)26(24,25)22-6-4-15(23)3-5-21(7-11(15)8-22)14-12-13(17-9-16-12)18-10-19-14/h9-11,23H,3-8H2,1-2H3,(H,16,17,18,19)/t11-,15-/m0/s1. The van der Waals surface area contributed by atoms with Crippen molar-refractivity contribution in [1.29, 1.82) is 0 Å². The van der Waals surface area contributed by atoms with Crippen LogP contribution in [0.1, 0.15) is 12.8 Å². The molecule has 0 unspecified atom stereocenters. The second-order valence-corrected chi connectivity index (χ2v) is 9.34. The van der Waals surface area contributed by atoms with Gasteiger partial charge in [0, 0.05) is 46.2 Å². The minimum Gasteiger partial charge on any atom is -0.389 e. The maximum atomic E-state index is 12.5. The van der Waals surface area contributed by atoms with Crippen molar-refractivity contribution >= 4 is 27.2 Å². The average molecular weight is 381 g/mol. The first-order valence-corrected chi connectivity index (χ1v) is 10.00. The van der Waals surface area contributed by atoms with Crippen LogP contribution in [0.2, 0.25) is 0 Å². The molecule has 10 nitrogen and oxygen atoms in total. The lowest BCUT2D eigenvalue weighted by Crippen LogP contribution is -2.61. The highest BCUT2D eigenvalue weighted by Gasteiger charge is 2.48. The predicted octanol–water partition coefficient (Wildman–Crippen LogP) is -0.578. The lowest BCUT2D eigenvalue weighted by molar-refractivity contribution is -0.0694. The average Bonchev–Trinajstić information content (AvgIpc) is 3.09. The molecular weight excluding hydrogens is 358 g/mol. The Morgan fingerprint density at radius 2 is 2.00 bits per heavy atom. The number of aromatic nitrogens is 4. The summed E-state index contributed by atoms with van der Waals surface area (Å²) in [4.78, 5) is 17.8. The van der Waals surface area contributed by atoms with Crippen molar-refractivity contribution in [2.24, 2.45) is 5.92 Å². The molecule has 0 bridgehead atoms. The van der Waals surface area contributed by atoms with Crippen LogP contribution in [0, 0.1) is 5.92 Å². The van der Waals surface area contributed by atoms with Gasteiger partial charge in [-0.3, -0.25) is 0 Å². The predicted molar refractivity (Wildman–Crippen MR) is 95.8 cm³/mol. The van der Waals surface area contributed by atoms with Crippen LogP contribution in [-0.4, -0.2) is 87.9 Å². The third-order valence-electron chi connectivity index (χ3n) is 5.52. The van der Waals surface area contributed by atoms with Crippen LogP contribution in [0.3, 0.4) is 0 Å². The van der Waals surface area contributed by atoms with Crippen LogP contribution in [0.15, 0.2) is 12.7 Å². The second kappa shape index (κ2) is 6.12. The van der Waals surface area contributed by atoms with Crippen LogP contribution in [-0.2, 0) is 10.2 Å². The van der Waals surface area contributed by atoms with E-state index in [4.69, 9.17) is 0 Å². The number of H-pyrrole nitrogens is 1. The monoisotopic (exact) mass is 381 g/mol. The third kappa shape index (κ3) is 2.75. The number of aromatic amines is 1. The molecule has 2 aliphatic rings. The first-order chi connectivity index (χ1) is 12.3. The number of aliphatic hydroxyl groups is 1. The van der Waals surface area contributed by atoms with Gasteiger partial charge in [-0.05, 0) is 12.8 Å². The summed E-state index contributed by atoms with van der Waals surface area (Å²) in [5, 5.41) is 11.0. The molecule has 2 aromatic heterocycles. The molecule has 4 rings (SSSR count). The zero-order valence-electron chi connectivity index (χ0n) is 14.8. The third-order valence-corrected chi connectivity index (χ3v) is 7.43. The number of nitrogens with one attached hydrogen (secondary N) is 1. The van der Waals surface area contributed by atoms with Gasteiger partial charge in [0.2, 0.25) is 0 Å². The largest absolute Gasteiger partial charge is 0.389 e. The van der Waals surface area contributed by atoms with E-state index < -0.39 is 15.8 Å². The van der Waals surface area contributed by atoms with Crippen LogP contribution >= 0.6 is 0 Å². The minimum absolute atomic E-state index is 0.187. The number of anilines is 1. The van der Waals surface area contributed by atoms with E-state index in [1.807, 2.05) is 0 Å². The summed E-state index contributed by atoms with van der Waals surface area (Å²) in [6.45, 7) is 1.82. The van der Waals surface area contributed by atoms with Crippen LogP contribution in [0.5, 0.6) is 0 Å². The number of imidazole rings is 1. The van der Waals surface area contributed by atoms with Crippen LogP contribution < -0.4 is 4.90 Å². The fraction of sp³-hybridized carbons (Fsp3) is 0.667. The van der Waals surface area contributed by atoms with Crippen molar-refractivity contribution in [3.63, 3.8) is 0 Å². The number of hydrogen-bond donors (Lipinski definition) is 2. The number of nitrogens with zero attached hydrogens (tertiary/aromatic N) is 6. The Hall–Kier alpha value is -1.82. The Labute approximate surface area is 152 Å². The molecule has 2 fully saturated rings. The molecule has 2 N–H and O–H groups in total. The van der Waals surface area contributed by atoms with Crippen LogP contribution in [0.4, 0.5) is 5.82 Å². The van der Waals surface area contributed by atoms with E-state index in [0.29, 0.717) is 44.7 Å². The zero-order valence-corrected chi connectivity index (χ0v) is 15.6. The molecule has 2 aliphatic heterocycles. The van der Waals surface area contributed by atoms with Crippen molar-refractivity contribution in [2.45, 2.75) is 18.4 Å². The van der Waals surface area contributed by atoms with Gasteiger partial charge in [-0.25, -0.2) is 15.0 Å². The summed E-state index contributed by atoms with van der Waals surface area (Å²) < 4.78 is 27.6. The Morgan fingerprint density at radius 1 is 1.23 bits per heavy atom. The fourth-order valence-corrected chi connectivity index (χ4v) is 5.05. The molecule has 4 heterocycles. The zero-order chi connectivity index (χ0) is 18.5. The van der Waals surface area contributed by atoms with Gasteiger partial charge in [0.1, 0.15) is 11.8 Å². The summed E-state index contributed by atoms with van der Waals surface area (Å²) in [7, 11) is -0.436. The quantitative estimate of drug-likeness (QED) is 0.730. The maximum absolute atomic E-state index is 12.5. The summed E-state index contributed by atoms with van der Waals surface area (Å²) in [6.07, 6.45) is 4.08. The molecule has 2 saturated heterocycles. The van der Waals surface area contributed by atoms with Gasteiger partial charge in [-0.2, -0.15) is 17.0 Å². The molecule has 0 amide bonds. The number of piperidine rings is 2. The lowest BCUT2D eigenvalue weighted by Gasteiger charge is -2.50. The van der Waals surface area contributed by atoms with Gasteiger partial charge in [-0.1, -0.05) is 0 Å². The Kier molecular flexibility index (Phi) is 4.14. The number of rotatable bonds is 3. The molecule has 0 radical (unpaired) electrons. The summed E-state index contributed by atoms with van der Waals surface area (Å²) in [6, 6.07) is 0. The fourth-order valence-electron chi connectivity index (χ4n) is 3.90. The molecule has 142 valence electrons. The van der Waals surface area contributed by atoms with E-state index in [2.05, 4.69) is 24.8 Å². The first kappa shape index (κ1) is 17.6. The van der Waals surface area contributed by atoms with E-state index in [1.54, 1.807) is 6.33 Å². The highest BCUT2D eigenvalue weighted by atomic mass is 32.2. The summed E-state index contributed by atoms with van der Waals surface area (Å²) >= 11 is 0. The van der Waals surface area contributed by atoms with Crippen molar-refractivity contribution in [3.05, 3.63) is 12.7 Å². The molecule has 0 aliphatic carbocycles. The Morgan fingerprint density at radius 3 is 2.77 bits per heavy atom. The van der Waals surface area contributed by atoms with Crippen molar-refractivity contribution in [2.75, 3.05) is 45.2 Å². The minimum atomic E-state index is -3.49. The van der Waals surface area contributed by atoms with E-state index >= 15 is 0 Å². The maximum Gasteiger partial charge on any atom is 0.281 e. The van der Waals surface area contributed by atoms with Crippen molar-refractivity contribution in [1.82, 2.24) is 28.5 Å². The normalized spacial score (nSPS) is 27.8. The Bertz CT molecular complexity index is 915. The smallest absolute Gasteiger partial charge is 0.281 e. The van der Waals surface area contributed by atoms with Crippen LogP contribution in [0.25, 0.3) is 11.2 Å². The van der Waals surface area contributed by atoms with Gasteiger partial charge in [-0.15, -0.1) is 0 Å². The SMILES string of the molecule is CN(C)S(=O)(=O)N1CC[C@@]2(O)CCN(c3ncnc4nc[nH]c34)C[C@H]2C1. The molecule has 2 atom stereocenters. The van der Waals surface area contributed by atoms with Gasteiger partial charge < -0.3 is 15.0 Å². The molecule has 26 heavy (non-hydrogen) atoms. The molecule has 0 saturated carbocycles. The highest BCUT2D eigenvalue weighted by molar-refractivity contribution is 7.86. The molecule has 0 aromatic carbocycles. The molecular formula is C15H23N7O3S. The summed E-state index contributed by atoms with van der Waals surface area (Å²) in [5.74, 6) is 0.551. The molecule has 11 heteroatoms.